The lowest BCUT2D eigenvalue weighted by Crippen LogP contribution is -2.23. The monoisotopic (exact) mass is 247 g/mol. The van der Waals surface area contributed by atoms with Crippen molar-refractivity contribution in [3.05, 3.63) is 35.2 Å². The number of aliphatic hydroxyl groups excluding tert-OH is 1. The average Bonchev–Trinajstić information content (AvgIpc) is 2.39. The number of Topliss-reactive ketones (excluding diaryl/α,β-unsaturated/α-hetero) is 1. The lowest BCUT2D eigenvalue weighted by atomic mass is 9.92. The van der Waals surface area contributed by atoms with E-state index in [1.807, 2.05) is 6.07 Å². The van der Waals surface area contributed by atoms with Crippen LogP contribution in [0, 0.1) is 0 Å². The van der Waals surface area contributed by atoms with Gasteiger partial charge in [-0.05, 0) is 31.4 Å². The highest BCUT2D eigenvalue weighted by atomic mass is 16.5. The molecule has 5 nitrogen and oxygen atoms in total. The van der Waals surface area contributed by atoms with E-state index in [-0.39, 0.29) is 17.9 Å². The van der Waals surface area contributed by atoms with Crippen LogP contribution in [0.5, 0.6) is 0 Å². The van der Waals surface area contributed by atoms with Crippen molar-refractivity contribution in [3.63, 3.8) is 0 Å². The molecule has 0 saturated heterocycles. The number of carbonyl (C=O) groups excluding carboxylic acids is 2. The molecule has 0 atom stereocenters. The highest BCUT2D eigenvalue weighted by molar-refractivity contribution is 6.41. The molecule has 0 spiro atoms. The zero-order chi connectivity index (χ0) is 13.1. The third-order valence-corrected chi connectivity index (χ3v) is 2.78. The Labute approximate surface area is 104 Å². The molecule has 2 rings (SSSR count). The number of aromatic nitrogens is 1. The molecular formula is C13H13NO4. The number of hydrogen-bond acceptors (Lipinski definition) is 5. The number of rotatable bonds is 3. The molecule has 0 aliphatic heterocycles. The van der Waals surface area contributed by atoms with E-state index < -0.39 is 11.8 Å². The minimum absolute atomic E-state index is 0.0830. The predicted molar refractivity (Wildman–Crippen MR) is 63.7 cm³/mol. The smallest absolute Gasteiger partial charge is 0.379 e. The molecule has 94 valence electrons. The van der Waals surface area contributed by atoms with Gasteiger partial charge in [0.25, 0.3) is 5.78 Å². The topological polar surface area (TPSA) is 76.5 Å². The molecule has 0 radical (unpaired) electrons. The minimum atomic E-state index is -0.932. The van der Waals surface area contributed by atoms with Gasteiger partial charge in [0.2, 0.25) is 0 Å². The molecular weight excluding hydrogens is 234 g/mol. The summed E-state index contributed by atoms with van der Waals surface area (Å²) in [5.74, 6) is -1.93. The summed E-state index contributed by atoms with van der Waals surface area (Å²) >= 11 is 0. The zero-order valence-corrected chi connectivity index (χ0v) is 9.97. The van der Waals surface area contributed by atoms with Crippen molar-refractivity contribution in [2.45, 2.75) is 19.8 Å². The Hall–Kier alpha value is -2.17. The van der Waals surface area contributed by atoms with Crippen LogP contribution in [0.3, 0.4) is 0 Å². The number of nitrogens with zero attached hydrogens (tertiary/aromatic N) is 1. The van der Waals surface area contributed by atoms with Gasteiger partial charge in [-0.25, -0.2) is 4.79 Å². The standard InChI is InChI=1S/C13H13NO4/c1-2-18-13(17)12(16)9-6-5-8-4-3-7-14-10(8)11(9)15/h3-4,7,15H,2,5-6H2,1H3. The van der Waals surface area contributed by atoms with E-state index in [0.29, 0.717) is 18.5 Å². The number of pyridine rings is 1. The van der Waals surface area contributed by atoms with Crippen LogP contribution in [0.15, 0.2) is 23.9 Å². The first-order valence-corrected chi connectivity index (χ1v) is 5.73. The van der Waals surface area contributed by atoms with Crippen LogP contribution in [-0.2, 0) is 20.7 Å². The highest BCUT2D eigenvalue weighted by Crippen LogP contribution is 2.28. The number of fused-ring (bicyclic) bond motifs is 1. The maximum atomic E-state index is 11.8. The second kappa shape index (κ2) is 5.00. The van der Waals surface area contributed by atoms with Gasteiger partial charge in [0.05, 0.1) is 12.2 Å². The van der Waals surface area contributed by atoms with E-state index in [1.165, 1.54) is 6.20 Å². The van der Waals surface area contributed by atoms with Crippen LogP contribution in [0.25, 0.3) is 5.76 Å². The van der Waals surface area contributed by atoms with Gasteiger partial charge < -0.3 is 9.84 Å². The Bertz CT molecular complexity index is 534. The molecule has 0 bridgehead atoms. The molecule has 1 aromatic heterocycles. The molecule has 1 heterocycles. The Morgan fingerprint density at radius 2 is 2.22 bits per heavy atom. The molecule has 1 aliphatic rings. The quantitative estimate of drug-likeness (QED) is 0.645. The summed E-state index contributed by atoms with van der Waals surface area (Å²) in [4.78, 5) is 27.2. The maximum Gasteiger partial charge on any atom is 0.379 e. The van der Waals surface area contributed by atoms with Gasteiger partial charge in [0.1, 0.15) is 11.5 Å². The van der Waals surface area contributed by atoms with E-state index in [1.54, 1.807) is 13.0 Å². The largest absolute Gasteiger partial charge is 0.505 e. The van der Waals surface area contributed by atoms with Crippen LogP contribution in [0.4, 0.5) is 0 Å². The number of ether oxygens (including phenoxy) is 1. The Morgan fingerprint density at radius 1 is 1.44 bits per heavy atom. The molecule has 5 heteroatoms. The molecule has 1 aliphatic carbocycles. The van der Waals surface area contributed by atoms with E-state index >= 15 is 0 Å². The Balaban J connectivity index is 2.35. The van der Waals surface area contributed by atoms with Gasteiger partial charge in [0, 0.05) is 6.20 Å². The summed E-state index contributed by atoms with van der Waals surface area (Å²) in [6, 6.07) is 3.61. The number of carbonyl (C=O) groups is 2. The van der Waals surface area contributed by atoms with E-state index in [4.69, 9.17) is 0 Å². The van der Waals surface area contributed by atoms with Crippen molar-refractivity contribution in [2.75, 3.05) is 6.61 Å². The molecule has 0 amide bonds. The third-order valence-electron chi connectivity index (χ3n) is 2.78. The number of hydrogen-bond donors (Lipinski definition) is 1. The van der Waals surface area contributed by atoms with Crippen LogP contribution in [0.2, 0.25) is 0 Å². The van der Waals surface area contributed by atoms with E-state index in [0.717, 1.165) is 5.56 Å². The molecule has 1 aromatic rings. The van der Waals surface area contributed by atoms with Crippen molar-refractivity contribution in [1.29, 1.82) is 0 Å². The molecule has 18 heavy (non-hydrogen) atoms. The fourth-order valence-corrected chi connectivity index (χ4v) is 1.92. The van der Waals surface area contributed by atoms with Gasteiger partial charge in [-0.15, -0.1) is 0 Å². The van der Waals surface area contributed by atoms with Gasteiger partial charge in [-0.2, -0.15) is 0 Å². The van der Waals surface area contributed by atoms with Gasteiger partial charge in [0.15, 0.2) is 0 Å². The SMILES string of the molecule is CCOC(=O)C(=O)C1=C(O)c2ncccc2CC1. The highest BCUT2D eigenvalue weighted by Gasteiger charge is 2.28. The Kier molecular flexibility index (Phi) is 3.41. The molecule has 0 saturated carbocycles. The Morgan fingerprint density at radius 3 is 2.94 bits per heavy atom. The van der Waals surface area contributed by atoms with Crippen LogP contribution >= 0.6 is 0 Å². The summed E-state index contributed by atoms with van der Waals surface area (Å²) < 4.78 is 4.64. The minimum Gasteiger partial charge on any atom is -0.505 e. The molecule has 1 N–H and O–H groups in total. The third kappa shape index (κ3) is 2.11. The molecule has 0 aromatic carbocycles. The van der Waals surface area contributed by atoms with Crippen molar-refractivity contribution >= 4 is 17.5 Å². The number of ketones is 1. The van der Waals surface area contributed by atoms with E-state index in [9.17, 15) is 14.7 Å². The maximum absolute atomic E-state index is 11.8. The van der Waals surface area contributed by atoms with Crippen LogP contribution in [-0.4, -0.2) is 28.4 Å². The molecule has 0 fully saturated rings. The van der Waals surface area contributed by atoms with Crippen LogP contribution < -0.4 is 0 Å². The summed E-state index contributed by atoms with van der Waals surface area (Å²) in [7, 11) is 0. The normalized spacial score (nSPS) is 14.1. The fourth-order valence-electron chi connectivity index (χ4n) is 1.92. The average molecular weight is 247 g/mol. The number of esters is 1. The summed E-state index contributed by atoms with van der Waals surface area (Å²) in [5.41, 5.74) is 1.33. The predicted octanol–water partition coefficient (Wildman–Crippen LogP) is 1.43. The first kappa shape index (κ1) is 12.3. The first-order chi connectivity index (χ1) is 8.65. The summed E-state index contributed by atoms with van der Waals surface area (Å²) in [5, 5.41) is 10.00. The van der Waals surface area contributed by atoms with E-state index in [2.05, 4.69) is 9.72 Å². The molecule has 0 unspecified atom stereocenters. The van der Waals surface area contributed by atoms with Gasteiger partial charge in [-0.3, -0.25) is 9.78 Å². The lowest BCUT2D eigenvalue weighted by molar-refractivity contribution is -0.151. The second-order valence-corrected chi connectivity index (χ2v) is 3.89. The summed E-state index contributed by atoms with van der Waals surface area (Å²) in [6.07, 6.45) is 2.43. The van der Waals surface area contributed by atoms with Crippen molar-refractivity contribution in [2.24, 2.45) is 0 Å². The first-order valence-electron chi connectivity index (χ1n) is 5.73. The van der Waals surface area contributed by atoms with Gasteiger partial charge >= 0.3 is 5.97 Å². The van der Waals surface area contributed by atoms with Crippen molar-refractivity contribution in [1.82, 2.24) is 4.98 Å². The second-order valence-electron chi connectivity index (χ2n) is 3.89. The lowest BCUT2D eigenvalue weighted by Gasteiger charge is -2.17. The fraction of sp³-hybridized carbons (Fsp3) is 0.308. The van der Waals surface area contributed by atoms with Crippen LogP contribution in [0.1, 0.15) is 24.6 Å². The number of aliphatic hydroxyl groups is 1. The zero-order valence-electron chi connectivity index (χ0n) is 9.97. The van der Waals surface area contributed by atoms with Gasteiger partial charge in [-0.1, -0.05) is 6.07 Å². The van der Waals surface area contributed by atoms with Crippen molar-refractivity contribution in [3.8, 4) is 0 Å². The summed E-state index contributed by atoms with van der Waals surface area (Å²) in [6.45, 7) is 1.75. The number of aryl methyl sites for hydroxylation is 1. The van der Waals surface area contributed by atoms with Crippen molar-refractivity contribution < 1.29 is 19.4 Å².